The first-order valence-electron chi connectivity index (χ1n) is 2.81. The molecule has 0 aliphatic carbocycles. The average Bonchev–Trinajstić information content (AvgIpc) is 2.13. The third-order valence-electron chi connectivity index (χ3n) is 0.925. The van der Waals surface area contributed by atoms with E-state index in [-0.39, 0.29) is 0 Å². The molecular weight excluding hydrogens is 191 g/mol. The van der Waals surface area contributed by atoms with Crippen LogP contribution in [0.1, 0.15) is 6.92 Å². The van der Waals surface area contributed by atoms with E-state index in [1.165, 1.54) is 11.3 Å². The zero-order valence-corrected chi connectivity index (χ0v) is 7.69. The van der Waals surface area contributed by atoms with Gasteiger partial charge in [0, 0.05) is 6.07 Å². The normalized spacial score (nSPS) is 9.90. The van der Waals surface area contributed by atoms with Crippen LogP contribution in [-0.2, 0) is 0 Å². The topological polar surface area (TPSA) is 9.23 Å². The smallest absolute Gasteiger partial charge is 0.150 e. The molecule has 0 saturated carbocycles. The number of hydrogen-bond donors (Lipinski definition) is 0. The van der Waals surface area contributed by atoms with Gasteiger partial charge in [-0.05, 0) is 6.92 Å². The number of halogens is 2. The predicted octanol–water partition coefficient (Wildman–Crippen LogP) is 3.45. The Bertz CT molecular complexity index is 222. The fourth-order valence-corrected chi connectivity index (χ4v) is 1.94. The highest BCUT2D eigenvalue weighted by molar-refractivity contribution is 7.20. The lowest BCUT2D eigenvalue weighted by Crippen LogP contribution is -1.88. The van der Waals surface area contributed by atoms with E-state index < -0.39 is 0 Å². The fourth-order valence-electron chi connectivity index (χ4n) is 0.579. The van der Waals surface area contributed by atoms with Gasteiger partial charge < -0.3 is 4.74 Å². The molecular formula is C6H6Cl2OS. The van der Waals surface area contributed by atoms with Crippen molar-refractivity contribution in [3.05, 3.63) is 14.7 Å². The monoisotopic (exact) mass is 196 g/mol. The van der Waals surface area contributed by atoms with Crippen LogP contribution in [0.2, 0.25) is 8.67 Å². The molecule has 0 N–H and O–H groups in total. The van der Waals surface area contributed by atoms with Gasteiger partial charge in [0.2, 0.25) is 0 Å². The van der Waals surface area contributed by atoms with E-state index in [4.69, 9.17) is 27.9 Å². The van der Waals surface area contributed by atoms with Crippen LogP contribution in [0.25, 0.3) is 0 Å². The van der Waals surface area contributed by atoms with Crippen LogP contribution in [0.15, 0.2) is 6.07 Å². The lowest BCUT2D eigenvalue weighted by Gasteiger charge is -1.96. The number of hydrogen-bond acceptors (Lipinski definition) is 2. The quantitative estimate of drug-likeness (QED) is 0.705. The molecule has 1 nitrogen and oxygen atoms in total. The second kappa shape index (κ2) is 3.46. The second-order valence-electron chi connectivity index (χ2n) is 1.62. The molecule has 0 aliphatic rings. The van der Waals surface area contributed by atoms with E-state index in [1.54, 1.807) is 6.07 Å². The molecule has 0 aliphatic heterocycles. The molecule has 4 heteroatoms. The lowest BCUT2D eigenvalue weighted by molar-refractivity contribution is 0.342. The minimum atomic E-state index is 0.617. The molecule has 56 valence electrons. The molecule has 0 saturated heterocycles. The maximum atomic E-state index is 5.73. The summed E-state index contributed by atoms with van der Waals surface area (Å²) in [6, 6.07) is 1.72. The van der Waals surface area contributed by atoms with Crippen LogP contribution in [0, 0.1) is 0 Å². The van der Waals surface area contributed by atoms with Crippen LogP contribution in [0.3, 0.4) is 0 Å². The molecule has 1 aromatic rings. The van der Waals surface area contributed by atoms with Gasteiger partial charge in [0.25, 0.3) is 0 Å². The van der Waals surface area contributed by atoms with Crippen molar-refractivity contribution < 1.29 is 4.74 Å². The number of ether oxygens (including phenoxy) is 1. The Kier molecular flexibility index (Phi) is 2.83. The Morgan fingerprint density at radius 2 is 2.30 bits per heavy atom. The molecule has 0 spiro atoms. The summed E-state index contributed by atoms with van der Waals surface area (Å²) in [5.41, 5.74) is 0. The molecule has 10 heavy (non-hydrogen) atoms. The van der Waals surface area contributed by atoms with Crippen LogP contribution >= 0.6 is 34.5 Å². The van der Waals surface area contributed by atoms with Gasteiger partial charge in [-0.3, -0.25) is 0 Å². The van der Waals surface area contributed by atoms with Gasteiger partial charge in [0.15, 0.2) is 0 Å². The van der Waals surface area contributed by atoms with Crippen molar-refractivity contribution in [1.29, 1.82) is 0 Å². The first kappa shape index (κ1) is 8.18. The highest BCUT2D eigenvalue weighted by Crippen LogP contribution is 2.36. The van der Waals surface area contributed by atoms with Crippen LogP contribution < -0.4 is 4.74 Å². The van der Waals surface area contributed by atoms with E-state index in [1.807, 2.05) is 6.92 Å². The van der Waals surface area contributed by atoms with E-state index in [0.717, 1.165) is 0 Å². The van der Waals surface area contributed by atoms with Crippen molar-refractivity contribution in [1.82, 2.24) is 0 Å². The Hall–Kier alpha value is 0.0800. The molecule has 0 aromatic carbocycles. The predicted molar refractivity (Wildman–Crippen MR) is 45.5 cm³/mol. The summed E-state index contributed by atoms with van der Waals surface area (Å²) in [6.07, 6.45) is 0. The minimum Gasteiger partial charge on any atom is -0.491 e. The van der Waals surface area contributed by atoms with E-state index in [9.17, 15) is 0 Å². The van der Waals surface area contributed by atoms with Gasteiger partial charge in [-0.1, -0.05) is 23.2 Å². The number of thiophene rings is 1. The molecule has 1 aromatic heterocycles. The van der Waals surface area contributed by atoms with E-state index in [2.05, 4.69) is 0 Å². The highest BCUT2D eigenvalue weighted by Gasteiger charge is 2.04. The Labute approximate surface area is 73.5 Å². The average molecular weight is 197 g/mol. The maximum absolute atomic E-state index is 5.73. The minimum absolute atomic E-state index is 0.617. The van der Waals surface area contributed by atoms with Crippen molar-refractivity contribution >= 4 is 34.5 Å². The number of rotatable bonds is 2. The van der Waals surface area contributed by atoms with Gasteiger partial charge in [0.1, 0.15) is 10.1 Å². The Morgan fingerprint density at radius 3 is 2.70 bits per heavy atom. The van der Waals surface area contributed by atoms with Gasteiger partial charge in [0.05, 0.1) is 10.9 Å². The largest absolute Gasteiger partial charge is 0.491 e. The lowest BCUT2D eigenvalue weighted by atomic mass is 10.6. The fraction of sp³-hybridized carbons (Fsp3) is 0.333. The van der Waals surface area contributed by atoms with Gasteiger partial charge in [-0.15, -0.1) is 11.3 Å². The van der Waals surface area contributed by atoms with Gasteiger partial charge >= 0.3 is 0 Å². The summed E-state index contributed by atoms with van der Waals surface area (Å²) < 4.78 is 6.43. The molecule has 0 amide bonds. The summed E-state index contributed by atoms with van der Waals surface area (Å²) in [5.74, 6) is 0.680. The Morgan fingerprint density at radius 1 is 1.60 bits per heavy atom. The second-order valence-corrected chi connectivity index (χ2v) is 3.91. The summed E-state index contributed by atoms with van der Waals surface area (Å²) in [5, 5.41) is 0. The highest BCUT2D eigenvalue weighted by atomic mass is 35.5. The van der Waals surface area contributed by atoms with Crippen LogP contribution in [0.4, 0.5) is 0 Å². The van der Waals surface area contributed by atoms with Crippen LogP contribution in [0.5, 0.6) is 5.75 Å². The van der Waals surface area contributed by atoms with Crippen molar-refractivity contribution in [3.63, 3.8) is 0 Å². The zero-order chi connectivity index (χ0) is 7.56. The zero-order valence-electron chi connectivity index (χ0n) is 5.36. The third kappa shape index (κ3) is 1.78. The summed E-state index contributed by atoms with van der Waals surface area (Å²) in [4.78, 5) is 0. The molecule has 0 unspecified atom stereocenters. The van der Waals surface area contributed by atoms with Crippen LogP contribution in [-0.4, -0.2) is 6.61 Å². The molecule has 0 atom stereocenters. The molecule has 0 fully saturated rings. The summed E-state index contributed by atoms with van der Waals surface area (Å²) >= 11 is 12.7. The SMILES string of the molecule is CCOc1cc(Cl)sc1Cl. The van der Waals surface area contributed by atoms with Crippen molar-refractivity contribution in [2.45, 2.75) is 6.92 Å². The maximum Gasteiger partial charge on any atom is 0.150 e. The van der Waals surface area contributed by atoms with E-state index in [0.29, 0.717) is 21.0 Å². The van der Waals surface area contributed by atoms with Crippen molar-refractivity contribution in [2.75, 3.05) is 6.61 Å². The summed E-state index contributed by atoms with van der Waals surface area (Å²) in [6.45, 7) is 2.52. The standard InChI is InChI=1S/C6H6Cl2OS/c1-2-9-4-3-5(7)10-6(4)8/h3H,2H2,1H3. The molecule has 1 heterocycles. The molecule has 0 bridgehead atoms. The third-order valence-corrected chi connectivity index (χ3v) is 2.38. The van der Waals surface area contributed by atoms with E-state index >= 15 is 0 Å². The summed E-state index contributed by atoms with van der Waals surface area (Å²) in [7, 11) is 0. The molecule has 0 radical (unpaired) electrons. The first-order valence-corrected chi connectivity index (χ1v) is 4.39. The Balaban J connectivity index is 2.81. The first-order chi connectivity index (χ1) is 4.74. The molecule has 1 rings (SSSR count). The van der Waals surface area contributed by atoms with Crippen molar-refractivity contribution in [2.24, 2.45) is 0 Å². The van der Waals surface area contributed by atoms with Gasteiger partial charge in [-0.2, -0.15) is 0 Å². The van der Waals surface area contributed by atoms with Gasteiger partial charge in [-0.25, -0.2) is 0 Å². The van der Waals surface area contributed by atoms with Crippen molar-refractivity contribution in [3.8, 4) is 5.75 Å².